The van der Waals surface area contributed by atoms with E-state index in [1.807, 2.05) is 19.2 Å². The quantitative estimate of drug-likeness (QED) is 0.688. The SMILES string of the molecule is Cc1cc(-c2[nH]c3ccc(CCN4CC[C@H](F)C4)cc3c2C(C)C)cn(C)c1=O. The van der Waals surface area contributed by atoms with Crippen LogP contribution in [0, 0.1) is 6.92 Å². The van der Waals surface area contributed by atoms with Crippen LogP contribution in [0.4, 0.5) is 4.39 Å². The molecule has 4 nitrogen and oxygen atoms in total. The van der Waals surface area contributed by atoms with Crippen LogP contribution in [0.2, 0.25) is 0 Å². The summed E-state index contributed by atoms with van der Waals surface area (Å²) >= 11 is 0. The van der Waals surface area contributed by atoms with Crippen LogP contribution in [0.5, 0.6) is 0 Å². The van der Waals surface area contributed by atoms with E-state index in [4.69, 9.17) is 0 Å². The van der Waals surface area contributed by atoms with E-state index >= 15 is 0 Å². The molecular formula is C24H30FN3O. The number of rotatable bonds is 5. The predicted molar refractivity (Wildman–Crippen MR) is 117 cm³/mol. The lowest BCUT2D eigenvalue weighted by atomic mass is 9.95. The predicted octanol–water partition coefficient (Wildman–Crippen LogP) is 4.55. The number of hydrogen-bond donors (Lipinski definition) is 1. The van der Waals surface area contributed by atoms with E-state index in [-0.39, 0.29) is 5.56 Å². The molecule has 1 saturated heterocycles. The van der Waals surface area contributed by atoms with Gasteiger partial charge in [-0.15, -0.1) is 0 Å². The highest BCUT2D eigenvalue weighted by molar-refractivity contribution is 5.91. The van der Waals surface area contributed by atoms with E-state index in [9.17, 15) is 9.18 Å². The zero-order valence-electron chi connectivity index (χ0n) is 17.8. The van der Waals surface area contributed by atoms with E-state index < -0.39 is 6.17 Å². The molecular weight excluding hydrogens is 365 g/mol. The van der Waals surface area contributed by atoms with E-state index in [0.717, 1.165) is 41.8 Å². The van der Waals surface area contributed by atoms with Gasteiger partial charge in [0.2, 0.25) is 0 Å². The molecule has 3 aromatic rings. The highest BCUT2D eigenvalue weighted by atomic mass is 19.1. The molecule has 0 aliphatic carbocycles. The molecule has 1 fully saturated rings. The zero-order chi connectivity index (χ0) is 20.7. The first kappa shape index (κ1) is 19.9. The zero-order valence-corrected chi connectivity index (χ0v) is 17.8. The lowest BCUT2D eigenvalue weighted by molar-refractivity contribution is 0.290. The van der Waals surface area contributed by atoms with Gasteiger partial charge >= 0.3 is 0 Å². The Morgan fingerprint density at radius 2 is 2.07 bits per heavy atom. The highest BCUT2D eigenvalue weighted by Crippen LogP contribution is 2.36. The van der Waals surface area contributed by atoms with E-state index in [1.165, 1.54) is 16.5 Å². The fourth-order valence-electron chi connectivity index (χ4n) is 4.53. The highest BCUT2D eigenvalue weighted by Gasteiger charge is 2.21. The monoisotopic (exact) mass is 395 g/mol. The van der Waals surface area contributed by atoms with Crippen LogP contribution in [0.3, 0.4) is 0 Å². The van der Waals surface area contributed by atoms with Gasteiger partial charge in [-0.2, -0.15) is 0 Å². The first-order valence-corrected chi connectivity index (χ1v) is 10.5. The maximum Gasteiger partial charge on any atom is 0.253 e. The number of aromatic nitrogens is 2. The third-order valence-corrected chi connectivity index (χ3v) is 6.06. The van der Waals surface area contributed by atoms with Gasteiger partial charge in [0.1, 0.15) is 6.17 Å². The van der Waals surface area contributed by atoms with Crippen LogP contribution in [0.25, 0.3) is 22.2 Å². The number of aryl methyl sites for hydroxylation is 2. The Bertz CT molecular complexity index is 1070. The Kier molecular flexibility index (Phi) is 5.34. The van der Waals surface area contributed by atoms with E-state index in [2.05, 4.69) is 41.9 Å². The van der Waals surface area contributed by atoms with Crippen LogP contribution in [0.1, 0.15) is 42.9 Å². The van der Waals surface area contributed by atoms with Crippen molar-refractivity contribution in [2.75, 3.05) is 19.6 Å². The molecule has 0 spiro atoms. The van der Waals surface area contributed by atoms with Gasteiger partial charge in [-0.3, -0.25) is 4.79 Å². The number of benzene rings is 1. The molecule has 1 N–H and O–H groups in total. The number of fused-ring (bicyclic) bond motifs is 1. The average Bonchev–Trinajstić information content (AvgIpc) is 3.26. The summed E-state index contributed by atoms with van der Waals surface area (Å²) in [5.74, 6) is 0.345. The third kappa shape index (κ3) is 3.88. The van der Waals surface area contributed by atoms with Gasteiger partial charge in [-0.25, -0.2) is 4.39 Å². The van der Waals surface area contributed by atoms with Gasteiger partial charge in [0, 0.05) is 54.9 Å². The molecule has 0 amide bonds. The minimum atomic E-state index is -0.664. The first-order chi connectivity index (χ1) is 13.8. The molecule has 1 aliphatic heterocycles. The van der Waals surface area contributed by atoms with Crippen molar-refractivity contribution in [1.29, 1.82) is 0 Å². The van der Waals surface area contributed by atoms with Gasteiger partial charge < -0.3 is 14.5 Å². The number of hydrogen-bond acceptors (Lipinski definition) is 2. The Hall–Kier alpha value is -2.40. The van der Waals surface area contributed by atoms with E-state index in [1.54, 1.807) is 11.6 Å². The molecule has 29 heavy (non-hydrogen) atoms. The number of halogens is 1. The fourth-order valence-corrected chi connectivity index (χ4v) is 4.53. The molecule has 1 atom stereocenters. The smallest absolute Gasteiger partial charge is 0.253 e. The van der Waals surface area contributed by atoms with Crippen molar-refractivity contribution in [1.82, 2.24) is 14.5 Å². The number of aromatic amines is 1. The average molecular weight is 396 g/mol. The second-order valence-electron chi connectivity index (χ2n) is 8.71. The summed E-state index contributed by atoms with van der Waals surface area (Å²) in [4.78, 5) is 17.9. The van der Waals surface area contributed by atoms with Crippen molar-refractivity contribution in [2.24, 2.45) is 7.05 Å². The number of pyridine rings is 1. The van der Waals surface area contributed by atoms with Gasteiger partial charge in [0.15, 0.2) is 0 Å². The second-order valence-corrected chi connectivity index (χ2v) is 8.71. The van der Waals surface area contributed by atoms with Crippen molar-refractivity contribution in [3.63, 3.8) is 0 Å². The minimum Gasteiger partial charge on any atom is -0.354 e. The maximum atomic E-state index is 13.4. The molecule has 154 valence electrons. The molecule has 0 unspecified atom stereocenters. The normalized spacial score (nSPS) is 17.7. The van der Waals surface area contributed by atoms with Gasteiger partial charge in [-0.05, 0) is 55.0 Å². The second kappa shape index (κ2) is 7.79. The molecule has 1 aliphatic rings. The van der Waals surface area contributed by atoms with Crippen LogP contribution >= 0.6 is 0 Å². The molecule has 0 bridgehead atoms. The van der Waals surface area contributed by atoms with Gasteiger partial charge in [0.25, 0.3) is 5.56 Å². The summed E-state index contributed by atoms with van der Waals surface area (Å²) in [5, 5.41) is 1.24. The lowest BCUT2D eigenvalue weighted by Crippen LogP contribution is -2.23. The molecule has 4 rings (SSSR count). The van der Waals surface area contributed by atoms with Crippen LogP contribution < -0.4 is 5.56 Å². The Morgan fingerprint density at radius 3 is 2.72 bits per heavy atom. The number of alkyl halides is 1. The summed E-state index contributed by atoms with van der Waals surface area (Å²) in [7, 11) is 1.80. The van der Waals surface area contributed by atoms with Crippen molar-refractivity contribution in [3.8, 4) is 11.3 Å². The molecule has 1 aromatic carbocycles. The molecule has 2 aromatic heterocycles. The Morgan fingerprint density at radius 1 is 1.28 bits per heavy atom. The van der Waals surface area contributed by atoms with Crippen LogP contribution in [-0.4, -0.2) is 40.3 Å². The third-order valence-electron chi connectivity index (χ3n) is 6.06. The Labute approximate surface area is 171 Å². The summed E-state index contributed by atoms with van der Waals surface area (Å²) < 4.78 is 15.1. The number of nitrogens with zero attached hydrogens (tertiary/aromatic N) is 2. The number of H-pyrrole nitrogens is 1. The first-order valence-electron chi connectivity index (χ1n) is 10.5. The molecule has 3 heterocycles. The lowest BCUT2D eigenvalue weighted by Gasteiger charge is -2.14. The van der Waals surface area contributed by atoms with Crippen LogP contribution in [0.15, 0.2) is 35.3 Å². The fraction of sp³-hybridized carbons (Fsp3) is 0.458. The van der Waals surface area contributed by atoms with Gasteiger partial charge in [0.05, 0.1) is 5.69 Å². The van der Waals surface area contributed by atoms with Crippen molar-refractivity contribution in [2.45, 2.75) is 45.7 Å². The summed E-state index contributed by atoms with van der Waals surface area (Å²) in [6.07, 6.45) is 2.84. The van der Waals surface area contributed by atoms with Crippen molar-refractivity contribution < 1.29 is 4.39 Å². The molecule has 0 saturated carbocycles. The summed E-state index contributed by atoms with van der Waals surface area (Å²) in [6, 6.07) is 8.57. The topological polar surface area (TPSA) is 41.0 Å². The van der Waals surface area contributed by atoms with Crippen LogP contribution in [-0.2, 0) is 13.5 Å². The van der Waals surface area contributed by atoms with Gasteiger partial charge in [-0.1, -0.05) is 19.9 Å². The molecule has 5 heteroatoms. The van der Waals surface area contributed by atoms with Crippen molar-refractivity contribution >= 4 is 10.9 Å². The number of nitrogens with one attached hydrogen (secondary N) is 1. The van der Waals surface area contributed by atoms with Crippen molar-refractivity contribution in [3.05, 3.63) is 57.5 Å². The minimum absolute atomic E-state index is 0.0377. The van der Waals surface area contributed by atoms with E-state index in [0.29, 0.717) is 18.9 Å². The maximum absolute atomic E-state index is 13.4. The summed E-state index contributed by atoms with van der Waals surface area (Å²) in [5.41, 5.74) is 6.59. The largest absolute Gasteiger partial charge is 0.354 e. The Balaban J connectivity index is 1.71. The molecule has 0 radical (unpaired) electrons. The summed E-state index contributed by atoms with van der Waals surface area (Å²) in [6.45, 7) is 8.61. The number of likely N-dealkylation sites (tertiary alicyclic amines) is 1. The standard InChI is InChI=1S/C24H30FN3O/c1-15(2)22-20-12-17(7-9-28-10-8-19(25)14-28)5-6-21(20)26-23(22)18-11-16(3)24(29)27(4)13-18/h5-6,11-13,15,19,26H,7-10,14H2,1-4H3/t19-/m0/s1.